The number of aromatic amines is 1. The number of H-pyrrole nitrogens is 1. The Balaban J connectivity index is 0. The van der Waals surface area contributed by atoms with Gasteiger partial charge in [-0.05, 0) is 0 Å². The molecule has 1 fully saturated rings. The van der Waals surface area contributed by atoms with Crippen molar-refractivity contribution in [3.05, 3.63) is 33.1 Å². The van der Waals surface area contributed by atoms with Crippen LogP contribution in [0.3, 0.4) is 0 Å². The molecule has 0 radical (unpaired) electrons. The van der Waals surface area contributed by atoms with E-state index in [4.69, 9.17) is 67.6 Å². The second kappa shape index (κ2) is 13.4. The van der Waals surface area contributed by atoms with Gasteiger partial charge in [-0.3, -0.25) is 14.3 Å². The largest absolute Gasteiger partial charge is 0.466 e. The standard InChI is InChI=1S/C9H12N2O5.3H3O4P/c12-4-5-3-6(13)8(16-5)11-2-1-7(14)10-9(11)15;3*1-5(2,3)4/h1-2,5-6,8,12-13H,3-4H2,(H,10,14,15);3*(H3,1,2,3,4)/t5-,6+,8+;;;/m0.../s1. The third-order valence-electron chi connectivity index (χ3n) is 2.49. The highest BCUT2D eigenvalue weighted by Gasteiger charge is 2.35. The van der Waals surface area contributed by atoms with Gasteiger partial charge in [-0.1, -0.05) is 0 Å². The topological polar surface area (TPSA) is 338 Å². The molecule has 3 atom stereocenters. The van der Waals surface area contributed by atoms with Crippen LogP contribution >= 0.6 is 23.5 Å². The number of nitrogens with zero attached hydrogens (tertiary/aromatic N) is 1. The molecule has 31 heavy (non-hydrogen) atoms. The van der Waals surface area contributed by atoms with E-state index in [0.29, 0.717) is 0 Å². The minimum absolute atomic E-state index is 0.217. The van der Waals surface area contributed by atoms with Gasteiger partial charge in [0, 0.05) is 18.7 Å². The molecule has 2 heterocycles. The van der Waals surface area contributed by atoms with Gasteiger partial charge in [-0.25, -0.2) is 18.5 Å². The molecule has 1 saturated heterocycles. The van der Waals surface area contributed by atoms with Crippen LogP contribution in [0.5, 0.6) is 0 Å². The number of ether oxygens (including phenoxy) is 1. The molecular weight excluding hydrogens is 501 g/mol. The van der Waals surface area contributed by atoms with Gasteiger partial charge in [-0.15, -0.1) is 0 Å². The monoisotopic (exact) mass is 522 g/mol. The van der Waals surface area contributed by atoms with E-state index >= 15 is 0 Å². The lowest BCUT2D eigenvalue weighted by molar-refractivity contribution is -0.0530. The first-order chi connectivity index (χ1) is 13.6. The normalized spacial score (nSPS) is 20.9. The van der Waals surface area contributed by atoms with Crippen molar-refractivity contribution in [2.45, 2.75) is 24.9 Å². The van der Waals surface area contributed by atoms with Crippen molar-refractivity contribution in [3.63, 3.8) is 0 Å². The number of rotatable bonds is 2. The van der Waals surface area contributed by atoms with Gasteiger partial charge in [0.15, 0.2) is 6.23 Å². The summed E-state index contributed by atoms with van der Waals surface area (Å²) in [5.41, 5.74) is -1.15. The highest BCUT2D eigenvalue weighted by Crippen LogP contribution is 2.27. The highest BCUT2D eigenvalue weighted by atomic mass is 31.2. The van der Waals surface area contributed by atoms with E-state index in [1.165, 1.54) is 12.3 Å². The Morgan fingerprint density at radius 2 is 1.32 bits per heavy atom. The fourth-order valence-electron chi connectivity index (χ4n) is 1.73. The van der Waals surface area contributed by atoms with Crippen molar-refractivity contribution in [1.82, 2.24) is 9.55 Å². The van der Waals surface area contributed by atoms with E-state index in [2.05, 4.69) is 4.98 Å². The molecule has 2 rings (SSSR count). The molecule has 1 aromatic heterocycles. The Labute approximate surface area is 171 Å². The number of nitrogens with one attached hydrogen (secondary N) is 1. The molecule has 0 saturated carbocycles. The van der Waals surface area contributed by atoms with Crippen molar-refractivity contribution >= 4 is 23.5 Å². The lowest BCUT2D eigenvalue weighted by atomic mass is 10.2. The van der Waals surface area contributed by atoms with E-state index in [0.717, 1.165) is 4.57 Å². The lowest BCUT2D eigenvalue weighted by Gasteiger charge is -2.16. The molecule has 0 amide bonds. The molecule has 22 heteroatoms. The summed E-state index contributed by atoms with van der Waals surface area (Å²) in [5.74, 6) is 0. The van der Waals surface area contributed by atoms with E-state index in [9.17, 15) is 14.7 Å². The molecule has 0 spiro atoms. The van der Waals surface area contributed by atoms with Crippen molar-refractivity contribution in [1.29, 1.82) is 0 Å². The second-order valence-corrected chi connectivity index (χ2v) is 8.27. The van der Waals surface area contributed by atoms with Crippen molar-refractivity contribution in [2.24, 2.45) is 0 Å². The lowest BCUT2D eigenvalue weighted by Crippen LogP contribution is -2.34. The summed E-state index contributed by atoms with van der Waals surface area (Å²) < 4.78 is 33.0. The molecule has 0 aliphatic carbocycles. The van der Waals surface area contributed by atoms with E-state index in [-0.39, 0.29) is 13.0 Å². The number of phosphoric acid groups is 3. The molecule has 0 bridgehead atoms. The van der Waals surface area contributed by atoms with Crippen LogP contribution in [-0.2, 0) is 18.4 Å². The van der Waals surface area contributed by atoms with Crippen LogP contribution in [0.4, 0.5) is 0 Å². The van der Waals surface area contributed by atoms with Crippen LogP contribution < -0.4 is 11.2 Å². The van der Waals surface area contributed by atoms with Gasteiger partial charge < -0.3 is 59.0 Å². The zero-order chi connectivity index (χ0) is 25.2. The van der Waals surface area contributed by atoms with Crippen LogP contribution in [0.25, 0.3) is 0 Å². The van der Waals surface area contributed by atoms with Crippen LogP contribution in [0, 0.1) is 0 Å². The number of aromatic nitrogens is 2. The third kappa shape index (κ3) is 23.4. The summed E-state index contributed by atoms with van der Waals surface area (Å²) in [7, 11) is -13.9. The van der Waals surface area contributed by atoms with Crippen LogP contribution in [0.15, 0.2) is 21.9 Å². The van der Waals surface area contributed by atoms with Crippen molar-refractivity contribution in [3.8, 4) is 0 Å². The zero-order valence-electron chi connectivity index (χ0n) is 15.0. The second-order valence-electron chi connectivity index (χ2n) is 5.19. The summed E-state index contributed by atoms with van der Waals surface area (Å²) in [6.45, 7) is -0.217. The maximum Gasteiger partial charge on any atom is 0.466 e. The Morgan fingerprint density at radius 1 is 0.935 bits per heavy atom. The van der Waals surface area contributed by atoms with E-state index in [1.54, 1.807) is 0 Å². The van der Waals surface area contributed by atoms with Gasteiger partial charge in [0.2, 0.25) is 0 Å². The number of aliphatic hydroxyl groups excluding tert-OH is 2. The first-order valence-corrected chi connectivity index (χ1v) is 11.9. The number of aliphatic hydroxyl groups is 2. The SMILES string of the molecule is O=P(O)(O)O.O=P(O)(O)O.O=P(O)(O)O.O=c1ccn([C@@H]2O[C@H](CO)C[C@H]2O)c(=O)[nH]1. The van der Waals surface area contributed by atoms with Gasteiger partial charge in [0.1, 0.15) is 6.10 Å². The molecule has 0 aromatic carbocycles. The molecule has 184 valence electrons. The van der Waals surface area contributed by atoms with Crippen molar-refractivity contribution in [2.75, 3.05) is 6.61 Å². The summed E-state index contributed by atoms with van der Waals surface area (Å²) >= 11 is 0. The van der Waals surface area contributed by atoms with Gasteiger partial charge >= 0.3 is 29.2 Å². The Hall–Kier alpha value is -1.11. The molecule has 1 aliphatic heterocycles. The van der Waals surface area contributed by atoms with E-state index in [1.807, 2.05) is 0 Å². The summed E-state index contributed by atoms with van der Waals surface area (Å²) in [4.78, 5) is 89.0. The molecule has 12 N–H and O–H groups in total. The fourth-order valence-corrected chi connectivity index (χ4v) is 1.73. The zero-order valence-corrected chi connectivity index (χ0v) is 17.6. The van der Waals surface area contributed by atoms with Gasteiger partial charge in [0.25, 0.3) is 5.56 Å². The highest BCUT2D eigenvalue weighted by molar-refractivity contribution is 7.45. The average molecular weight is 522 g/mol. The van der Waals surface area contributed by atoms with Crippen LogP contribution in [-0.4, -0.2) is 82.6 Å². The van der Waals surface area contributed by atoms with Gasteiger partial charge in [0.05, 0.1) is 12.7 Å². The summed E-state index contributed by atoms with van der Waals surface area (Å²) in [5, 5.41) is 18.5. The number of hydrogen-bond acceptors (Lipinski definition) is 8. The predicted molar refractivity (Wildman–Crippen MR) is 95.7 cm³/mol. The van der Waals surface area contributed by atoms with E-state index < -0.39 is 53.2 Å². The molecular formula is C9H21N2O17P3. The first kappa shape index (κ1) is 32.1. The minimum atomic E-state index is -4.64. The van der Waals surface area contributed by atoms with Crippen molar-refractivity contribution < 1.29 is 72.7 Å². The maximum atomic E-state index is 11.4. The maximum absolute atomic E-state index is 11.4. The Bertz CT molecular complexity index is 838. The quantitative estimate of drug-likeness (QED) is 0.162. The average Bonchev–Trinajstić information content (AvgIpc) is 2.83. The minimum Gasteiger partial charge on any atom is -0.394 e. The molecule has 1 aromatic rings. The van der Waals surface area contributed by atoms with Gasteiger partial charge in [-0.2, -0.15) is 0 Å². The Morgan fingerprint density at radius 3 is 1.61 bits per heavy atom. The predicted octanol–water partition coefficient (Wildman–Crippen LogP) is -4.61. The van der Waals surface area contributed by atoms with Crippen LogP contribution in [0.2, 0.25) is 0 Å². The molecule has 0 unspecified atom stereocenters. The number of hydrogen-bond donors (Lipinski definition) is 12. The Kier molecular flexibility index (Phi) is 13.9. The fraction of sp³-hybridized carbons (Fsp3) is 0.556. The summed E-state index contributed by atoms with van der Waals surface area (Å²) in [6.07, 6.45) is -0.706. The molecule has 19 nitrogen and oxygen atoms in total. The first-order valence-electron chi connectivity index (χ1n) is 7.22. The molecule has 1 aliphatic rings. The smallest absolute Gasteiger partial charge is 0.394 e. The summed E-state index contributed by atoms with van der Waals surface area (Å²) in [6, 6.07) is 1.17. The van der Waals surface area contributed by atoms with Crippen LogP contribution in [0.1, 0.15) is 12.6 Å². The third-order valence-corrected chi connectivity index (χ3v) is 2.49.